The van der Waals surface area contributed by atoms with E-state index in [1.54, 1.807) is 0 Å². The van der Waals surface area contributed by atoms with Crippen LogP contribution in [0, 0.1) is 5.92 Å². The third-order valence-electron chi connectivity index (χ3n) is 4.44. The zero-order valence-corrected chi connectivity index (χ0v) is 13.4. The highest BCUT2D eigenvalue weighted by molar-refractivity contribution is 9.10. The Morgan fingerprint density at radius 1 is 1.29 bits per heavy atom. The maximum atomic E-state index is 12.4. The lowest BCUT2D eigenvalue weighted by Crippen LogP contribution is -2.55. The molecule has 2 unspecified atom stereocenters. The summed E-state index contributed by atoms with van der Waals surface area (Å²) < 4.78 is 1.03. The number of carbonyl (C=O) groups excluding carboxylic acids is 2. The van der Waals surface area contributed by atoms with Gasteiger partial charge >= 0.3 is 0 Å². The normalized spacial score (nSPS) is 25.2. The van der Waals surface area contributed by atoms with Crippen LogP contribution < -0.4 is 5.32 Å². The maximum absolute atomic E-state index is 12.4. The Balaban J connectivity index is 1.58. The topological polar surface area (TPSA) is 49.4 Å². The van der Waals surface area contributed by atoms with Crippen LogP contribution in [0.2, 0.25) is 0 Å². The molecule has 1 N–H and O–H groups in total. The molecule has 0 aliphatic carbocycles. The summed E-state index contributed by atoms with van der Waals surface area (Å²) in [5, 5.41) is 3.05. The van der Waals surface area contributed by atoms with Gasteiger partial charge in [0.05, 0.1) is 6.42 Å². The molecule has 4 nitrogen and oxygen atoms in total. The molecule has 0 bridgehead atoms. The van der Waals surface area contributed by atoms with Crippen LogP contribution in [0.15, 0.2) is 28.7 Å². The van der Waals surface area contributed by atoms with Crippen LogP contribution in [0.5, 0.6) is 0 Å². The van der Waals surface area contributed by atoms with Crippen molar-refractivity contribution in [2.24, 2.45) is 5.92 Å². The third kappa shape index (κ3) is 3.46. The molecule has 0 aromatic heterocycles. The summed E-state index contributed by atoms with van der Waals surface area (Å²) in [6.45, 7) is 1.52. The lowest BCUT2D eigenvalue weighted by atomic mass is 9.85. The molecule has 2 fully saturated rings. The number of fused-ring (bicyclic) bond motifs is 1. The van der Waals surface area contributed by atoms with E-state index in [0.29, 0.717) is 18.8 Å². The zero-order valence-electron chi connectivity index (χ0n) is 11.8. The molecule has 2 atom stereocenters. The van der Waals surface area contributed by atoms with Crippen molar-refractivity contribution in [1.82, 2.24) is 10.2 Å². The van der Waals surface area contributed by atoms with Gasteiger partial charge in [0.25, 0.3) is 0 Å². The highest BCUT2D eigenvalue weighted by Gasteiger charge is 2.35. The molecular formula is C16H19BrN2O2. The van der Waals surface area contributed by atoms with Gasteiger partial charge in [0.2, 0.25) is 11.8 Å². The van der Waals surface area contributed by atoms with E-state index >= 15 is 0 Å². The standard InChI is InChI=1S/C16H19BrN2O2/c17-13-4-1-11(2-5-13)9-16(21)19-8-7-14-12(10-19)3-6-15(20)18-14/h1-2,4-5,12,14H,3,6-10H2,(H,18,20). The molecule has 0 radical (unpaired) electrons. The lowest BCUT2D eigenvalue weighted by molar-refractivity contribution is -0.134. The van der Waals surface area contributed by atoms with Crippen LogP contribution in [-0.2, 0) is 16.0 Å². The van der Waals surface area contributed by atoms with Crippen LogP contribution in [0.25, 0.3) is 0 Å². The molecule has 0 spiro atoms. The average Bonchev–Trinajstić information content (AvgIpc) is 2.49. The summed E-state index contributed by atoms with van der Waals surface area (Å²) >= 11 is 3.40. The monoisotopic (exact) mass is 350 g/mol. The number of hydrogen-bond acceptors (Lipinski definition) is 2. The van der Waals surface area contributed by atoms with Gasteiger partial charge in [-0.25, -0.2) is 0 Å². The van der Waals surface area contributed by atoms with E-state index in [9.17, 15) is 9.59 Å². The first-order chi connectivity index (χ1) is 10.1. The second kappa shape index (κ2) is 6.18. The second-order valence-electron chi connectivity index (χ2n) is 5.90. The molecule has 2 heterocycles. The summed E-state index contributed by atoms with van der Waals surface area (Å²) in [4.78, 5) is 25.8. The summed E-state index contributed by atoms with van der Waals surface area (Å²) in [5.41, 5.74) is 1.04. The smallest absolute Gasteiger partial charge is 0.227 e. The molecule has 112 valence electrons. The Morgan fingerprint density at radius 2 is 2.05 bits per heavy atom. The second-order valence-corrected chi connectivity index (χ2v) is 6.82. The van der Waals surface area contributed by atoms with E-state index in [-0.39, 0.29) is 17.9 Å². The van der Waals surface area contributed by atoms with E-state index in [0.717, 1.165) is 36.0 Å². The van der Waals surface area contributed by atoms with Gasteiger partial charge in [0.15, 0.2) is 0 Å². The minimum absolute atomic E-state index is 0.158. The van der Waals surface area contributed by atoms with Crippen molar-refractivity contribution in [2.45, 2.75) is 31.7 Å². The molecule has 2 saturated heterocycles. The zero-order chi connectivity index (χ0) is 14.8. The van der Waals surface area contributed by atoms with Gasteiger partial charge in [0.1, 0.15) is 0 Å². The number of rotatable bonds is 2. The van der Waals surface area contributed by atoms with Crippen molar-refractivity contribution in [2.75, 3.05) is 13.1 Å². The van der Waals surface area contributed by atoms with E-state index < -0.39 is 0 Å². The first-order valence-corrected chi connectivity index (χ1v) is 8.23. The maximum Gasteiger partial charge on any atom is 0.227 e. The molecule has 2 aliphatic heterocycles. The minimum atomic E-state index is 0.158. The van der Waals surface area contributed by atoms with Crippen LogP contribution in [0.4, 0.5) is 0 Å². The number of amides is 2. The first-order valence-electron chi connectivity index (χ1n) is 7.43. The number of halogens is 1. The molecule has 0 saturated carbocycles. The SMILES string of the molecule is O=C1CCC2CN(C(=O)Cc3ccc(Br)cc3)CCC2N1. The lowest BCUT2D eigenvalue weighted by Gasteiger charge is -2.41. The number of hydrogen-bond donors (Lipinski definition) is 1. The fraction of sp³-hybridized carbons (Fsp3) is 0.500. The summed E-state index contributed by atoms with van der Waals surface area (Å²) in [7, 11) is 0. The van der Waals surface area contributed by atoms with Crippen molar-refractivity contribution >= 4 is 27.7 Å². The van der Waals surface area contributed by atoms with Gasteiger partial charge < -0.3 is 10.2 Å². The summed E-state index contributed by atoms with van der Waals surface area (Å²) in [6, 6.07) is 8.16. The van der Waals surface area contributed by atoms with Crippen LogP contribution >= 0.6 is 15.9 Å². The van der Waals surface area contributed by atoms with Crippen LogP contribution in [0.3, 0.4) is 0 Å². The predicted molar refractivity (Wildman–Crippen MR) is 83.7 cm³/mol. The average molecular weight is 351 g/mol. The Kier molecular flexibility index (Phi) is 4.29. The molecule has 2 aliphatic rings. The fourth-order valence-corrected chi connectivity index (χ4v) is 3.49. The number of likely N-dealkylation sites (tertiary alicyclic amines) is 1. The van der Waals surface area contributed by atoms with Crippen molar-refractivity contribution in [3.63, 3.8) is 0 Å². The van der Waals surface area contributed by atoms with Gasteiger partial charge in [-0.2, -0.15) is 0 Å². The molecule has 1 aromatic rings. The van der Waals surface area contributed by atoms with Crippen LogP contribution in [-0.4, -0.2) is 35.8 Å². The van der Waals surface area contributed by atoms with Crippen LogP contribution in [0.1, 0.15) is 24.8 Å². The third-order valence-corrected chi connectivity index (χ3v) is 4.97. The van der Waals surface area contributed by atoms with Crippen molar-refractivity contribution in [3.05, 3.63) is 34.3 Å². The van der Waals surface area contributed by atoms with Gasteiger partial charge in [-0.15, -0.1) is 0 Å². The van der Waals surface area contributed by atoms with E-state index in [1.807, 2.05) is 29.2 Å². The Bertz CT molecular complexity index is 544. The number of benzene rings is 1. The van der Waals surface area contributed by atoms with Gasteiger partial charge in [-0.05, 0) is 36.5 Å². The Morgan fingerprint density at radius 3 is 2.81 bits per heavy atom. The van der Waals surface area contributed by atoms with E-state index in [4.69, 9.17) is 0 Å². The number of carbonyl (C=O) groups is 2. The fourth-order valence-electron chi connectivity index (χ4n) is 3.23. The number of nitrogens with zero attached hydrogens (tertiary/aromatic N) is 1. The highest BCUT2D eigenvalue weighted by Crippen LogP contribution is 2.25. The Hall–Kier alpha value is -1.36. The molecule has 2 amide bonds. The predicted octanol–water partition coefficient (Wildman–Crippen LogP) is 2.12. The highest BCUT2D eigenvalue weighted by atomic mass is 79.9. The molecular weight excluding hydrogens is 332 g/mol. The van der Waals surface area contributed by atoms with Gasteiger partial charge in [0, 0.05) is 30.0 Å². The number of nitrogens with one attached hydrogen (secondary N) is 1. The summed E-state index contributed by atoms with van der Waals surface area (Å²) in [5.74, 6) is 0.767. The van der Waals surface area contributed by atoms with Gasteiger partial charge in [-0.1, -0.05) is 28.1 Å². The minimum Gasteiger partial charge on any atom is -0.353 e. The molecule has 1 aromatic carbocycles. The largest absolute Gasteiger partial charge is 0.353 e. The van der Waals surface area contributed by atoms with E-state index in [1.165, 1.54) is 0 Å². The van der Waals surface area contributed by atoms with Crippen molar-refractivity contribution in [1.29, 1.82) is 0 Å². The summed E-state index contributed by atoms with van der Waals surface area (Å²) in [6.07, 6.45) is 2.83. The quantitative estimate of drug-likeness (QED) is 0.887. The molecule has 21 heavy (non-hydrogen) atoms. The number of piperidine rings is 2. The van der Waals surface area contributed by atoms with E-state index in [2.05, 4.69) is 21.2 Å². The van der Waals surface area contributed by atoms with Crippen molar-refractivity contribution in [3.8, 4) is 0 Å². The van der Waals surface area contributed by atoms with Gasteiger partial charge in [-0.3, -0.25) is 9.59 Å². The molecule has 3 rings (SSSR count). The molecule has 5 heteroatoms. The first kappa shape index (κ1) is 14.6. The Labute approximate surface area is 133 Å². The van der Waals surface area contributed by atoms with Crippen molar-refractivity contribution < 1.29 is 9.59 Å².